The molecule has 0 fully saturated rings. The van der Waals surface area contributed by atoms with Crippen molar-refractivity contribution in [3.05, 3.63) is 36.5 Å². The fourth-order valence-electron chi connectivity index (χ4n) is 7.32. The van der Waals surface area contributed by atoms with Crippen LogP contribution in [0.4, 0.5) is 0 Å². The van der Waals surface area contributed by atoms with Crippen molar-refractivity contribution in [2.45, 2.75) is 264 Å². The Morgan fingerprint density at radius 1 is 0.491 bits per heavy atom. The van der Waals surface area contributed by atoms with Gasteiger partial charge in [0.15, 0.2) is 0 Å². The molecule has 0 aromatic rings. The molecule has 0 radical (unpaired) electrons. The van der Waals surface area contributed by atoms with E-state index in [0.29, 0.717) is 25.9 Å². The van der Waals surface area contributed by atoms with E-state index in [1.807, 2.05) is 0 Å². The van der Waals surface area contributed by atoms with Gasteiger partial charge in [-0.1, -0.05) is 198 Å². The SMILES string of the molecule is CCC/C=C\C/C=C\CCCCCCCC(=O)OCCCCCCCCC/C=C\CCCCCCCC(=O)NC(CO)C(O)CCCCCCCCCCCCC. The van der Waals surface area contributed by atoms with Crippen LogP contribution in [-0.4, -0.2) is 47.4 Å². The van der Waals surface area contributed by atoms with Crippen molar-refractivity contribution < 1.29 is 24.5 Å². The number of amides is 1. The molecule has 334 valence electrons. The Kier molecular flexibility index (Phi) is 45.2. The standard InChI is InChI=1S/C51H95NO5/c1-3-5-7-9-11-13-15-20-25-29-33-37-41-45-51(56)57-46-42-38-34-30-26-22-19-17-16-18-21-24-28-32-36-40-44-50(55)52-48(47-53)49(54)43-39-35-31-27-23-14-12-10-8-6-4-2/h7,9,13,15-16,18,48-49,53-54H,3-6,8,10-12,14,17,19-47H2,1-2H3,(H,52,55)/b9-7-,15-13-,18-16-. The normalized spacial score (nSPS) is 13.0. The van der Waals surface area contributed by atoms with Crippen molar-refractivity contribution >= 4 is 11.9 Å². The summed E-state index contributed by atoms with van der Waals surface area (Å²) in [5, 5.41) is 23.1. The Hall–Kier alpha value is -1.92. The van der Waals surface area contributed by atoms with E-state index in [0.717, 1.165) is 77.0 Å². The molecule has 0 aliphatic carbocycles. The average Bonchev–Trinajstić information content (AvgIpc) is 3.21. The highest BCUT2D eigenvalue weighted by Gasteiger charge is 2.20. The third kappa shape index (κ3) is 43.5. The van der Waals surface area contributed by atoms with Crippen LogP contribution in [0.5, 0.6) is 0 Å². The van der Waals surface area contributed by atoms with Gasteiger partial charge in [-0.05, 0) is 77.0 Å². The fraction of sp³-hybridized carbons (Fsp3) is 0.843. The Labute approximate surface area is 353 Å². The zero-order valence-electron chi connectivity index (χ0n) is 37.8. The molecule has 3 N–H and O–H groups in total. The summed E-state index contributed by atoms with van der Waals surface area (Å²) in [7, 11) is 0. The van der Waals surface area contributed by atoms with Gasteiger partial charge >= 0.3 is 5.97 Å². The van der Waals surface area contributed by atoms with E-state index in [1.165, 1.54) is 141 Å². The van der Waals surface area contributed by atoms with Crippen molar-refractivity contribution in [3.63, 3.8) is 0 Å². The summed E-state index contributed by atoms with van der Waals surface area (Å²) in [5.74, 6) is -0.0739. The van der Waals surface area contributed by atoms with Gasteiger partial charge in [-0.25, -0.2) is 0 Å². The molecule has 0 heterocycles. The minimum Gasteiger partial charge on any atom is -0.466 e. The van der Waals surface area contributed by atoms with E-state index >= 15 is 0 Å². The number of allylic oxidation sites excluding steroid dienone is 6. The third-order valence-corrected chi connectivity index (χ3v) is 11.1. The monoisotopic (exact) mass is 802 g/mol. The van der Waals surface area contributed by atoms with Gasteiger partial charge in [0.05, 0.1) is 25.4 Å². The predicted molar refractivity (Wildman–Crippen MR) is 246 cm³/mol. The molecule has 1 amide bonds. The van der Waals surface area contributed by atoms with Crippen molar-refractivity contribution in [1.82, 2.24) is 5.32 Å². The van der Waals surface area contributed by atoms with Crippen molar-refractivity contribution in [1.29, 1.82) is 0 Å². The molecular weight excluding hydrogens is 707 g/mol. The third-order valence-electron chi connectivity index (χ3n) is 11.1. The lowest BCUT2D eigenvalue weighted by Crippen LogP contribution is -2.45. The van der Waals surface area contributed by atoms with E-state index < -0.39 is 12.1 Å². The van der Waals surface area contributed by atoms with Gasteiger partial charge in [0.2, 0.25) is 5.91 Å². The molecule has 0 saturated heterocycles. The number of esters is 1. The van der Waals surface area contributed by atoms with Crippen LogP contribution < -0.4 is 5.32 Å². The number of ether oxygens (including phenoxy) is 1. The maximum Gasteiger partial charge on any atom is 0.305 e. The van der Waals surface area contributed by atoms with Crippen LogP contribution in [-0.2, 0) is 14.3 Å². The van der Waals surface area contributed by atoms with Gasteiger partial charge < -0.3 is 20.3 Å². The van der Waals surface area contributed by atoms with Gasteiger partial charge in [0.25, 0.3) is 0 Å². The van der Waals surface area contributed by atoms with Gasteiger partial charge in [0, 0.05) is 12.8 Å². The first-order chi connectivity index (χ1) is 28.0. The fourth-order valence-corrected chi connectivity index (χ4v) is 7.32. The number of rotatable bonds is 45. The molecule has 0 aromatic heterocycles. The summed E-state index contributed by atoms with van der Waals surface area (Å²) in [4.78, 5) is 24.4. The molecule has 0 saturated carbocycles. The van der Waals surface area contributed by atoms with Gasteiger partial charge in [-0.3, -0.25) is 9.59 Å². The predicted octanol–water partition coefficient (Wildman–Crippen LogP) is 14.5. The van der Waals surface area contributed by atoms with Gasteiger partial charge in [-0.15, -0.1) is 0 Å². The quantitative estimate of drug-likeness (QED) is 0.0324. The molecule has 0 aromatic carbocycles. The number of carbonyl (C=O) groups excluding carboxylic acids is 2. The smallest absolute Gasteiger partial charge is 0.305 e. The molecular formula is C51H95NO5. The first-order valence-corrected chi connectivity index (χ1v) is 24.7. The second-order valence-corrected chi connectivity index (χ2v) is 16.8. The van der Waals surface area contributed by atoms with Crippen molar-refractivity contribution in [2.24, 2.45) is 0 Å². The maximum atomic E-state index is 12.4. The summed E-state index contributed by atoms with van der Waals surface area (Å²) in [6.45, 7) is 4.84. The number of hydrogen-bond donors (Lipinski definition) is 3. The molecule has 57 heavy (non-hydrogen) atoms. The lowest BCUT2D eigenvalue weighted by molar-refractivity contribution is -0.143. The van der Waals surface area contributed by atoms with Crippen molar-refractivity contribution in [2.75, 3.05) is 13.2 Å². The van der Waals surface area contributed by atoms with E-state index in [9.17, 15) is 19.8 Å². The molecule has 2 atom stereocenters. The summed E-state index contributed by atoms with van der Waals surface area (Å²) in [6.07, 6.45) is 55.4. The molecule has 6 heteroatoms. The molecule has 6 nitrogen and oxygen atoms in total. The highest BCUT2D eigenvalue weighted by molar-refractivity contribution is 5.76. The van der Waals surface area contributed by atoms with Crippen LogP contribution in [0.15, 0.2) is 36.5 Å². The van der Waals surface area contributed by atoms with Crippen LogP contribution in [0.3, 0.4) is 0 Å². The lowest BCUT2D eigenvalue weighted by atomic mass is 10.0. The van der Waals surface area contributed by atoms with E-state index in [4.69, 9.17) is 4.74 Å². The zero-order chi connectivity index (χ0) is 41.5. The Morgan fingerprint density at radius 2 is 0.912 bits per heavy atom. The summed E-state index contributed by atoms with van der Waals surface area (Å²) >= 11 is 0. The minimum absolute atomic E-state index is 0.0190. The highest BCUT2D eigenvalue weighted by atomic mass is 16.5. The Bertz CT molecular complexity index is 931. The van der Waals surface area contributed by atoms with Crippen LogP contribution in [0.1, 0.15) is 251 Å². The van der Waals surface area contributed by atoms with Gasteiger partial charge in [-0.2, -0.15) is 0 Å². The minimum atomic E-state index is -0.674. The summed E-state index contributed by atoms with van der Waals surface area (Å²) in [6, 6.07) is -0.553. The Morgan fingerprint density at radius 3 is 1.42 bits per heavy atom. The van der Waals surface area contributed by atoms with E-state index in [2.05, 4.69) is 55.6 Å². The first kappa shape index (κ1) is 55.1. The summed E-state index contributed by atoms with van der Waals surface area (Å²) < 4.78 is 5.44. The van der Waals surface area contributed by atoms with Gasteiger partial charge in [0.1, 0.15) is 0 Å². The first-order valence-electron chi connectivity index (χ1n) is 24.7. The lowest BCUT2D eigenvalue weighted by Gasteiger charge is -2.22. The largest absolute Gasteiger partial charge is 0.466 e. The van der Waals surface area contributed by atoms with Crippen LogP contribution in [0, 0.1) is 0 Å². The Balaban J connectivity index is 3.48. The number of nitrogens with one attached hydrogen (secondary N) is 1. The number of aliphatic hydroxyl groups excluding tert-OH is 2. The molecule has 0 spiro atoms. The van der Waals surface area contributed by atoms with Crippen LogP contribution >= 0.6 is 0 Å². The molecule has 0 aliphatic rings. The number of hydrogen-bond acceptors (Lipinski definition) is 5. The van der Waals surface area contributed by atoms with Crippen LogP contribution in [0.25, 0.3) is 0 Å². The van der Waals surface area contributed by atoms with E-state index in [-0.39, 0.29) is 18.5 Å². The molecule has 2 unspecified atom stereocenters. The van der Waals surface area contributed by atoms with E-state index in [1.54, 1.807) is 0 Å². The second-order valence-electron chi connectivity index (χ2n) is 16.8. The molecule has 0 rings (SSSR count). The molecule has 0 aliphatic heterocycles. The number of unbranched alkanes of at least 4 members (excludes halogenated alkanes) is 28. The van der Waals surface area contributed by atoms with Crippen molar-refractivity contribution in [3.8, 4) is 0 Å². The average molecular weight is 802 g/mol. The molecule has 0 bridgehead atoms. The maximum absolute atomic E-state index is 12.4. The zero-order valence-corrected chi connectivity index (χ0v) is 37.8. The van der Waals surface area contributed by atoms with Crippen LogP contribution in [0.2, 0.25) is 0 Å². The second kappa shape index (κ2) is 46.8. The topological polar surface area (TPSA) is 95.9 Å². The number of carbonyl (C=O) groups is 2. The highest BCUT2D eigenvalue weighted by Crippen LogP contribution is 2.15. The number of aliphatic hydroxyl groups is 2. The summed E-state index contributed by atoms with van der Waals surface area (Å²) in [5.41, 5.74) is 0.